The van der Waals surface area contributed by atoms with Crippen molar-refractivity contribution in [2.45, 2.75) is 31.0 Å². The fourth-order valence-electron chi connectivity index (χ4n) is 3.57. The monoisotopic (exact) mass is 446 g/mol. The smallest absolute Gasteiger partial charge is 0.418 e. The Labute approximate surface area is 181 Å². The van der Waals surface area contributed by atoms with Crippen LogP contribution in [-0.4, -0.2) is 27.6 Å². The number of benzene rings is 1. The van der Waals surface area contributed by atoms with Crippen molar-refractivity contribution < 1.29 is 17.7 Å². The van der Waals surface area contributed by atoms with Crippen LogP contribution in [0.15, 0.2) is 59.6 Å². The van der Waals surface area contributed by atoms with Gasteiger partial charge in [-0.1, -0.05) is 30.3 Å². The number of nitrogens with one attached hydrogen (secondary N) is 1. The second kappa shape index (κ2) is 8.76. The zero-order valence-electron chi connectivity index (χ0n) is 16.8. The van der Waals surface area contributed by atoms with Gasteiger partial charge in [0.1, 0.15) is 17.2 Å². The summed E-state index contributed by atoms with van der Waals surface area (Å²) in [5.41, 5.74) is -0.00386. The molecule has 162 valence electrons. The van der Waals surface area contributed by atoms with Crippen LogP contribution in [0.3, 0.4) is 0 Å². The quantitative estimate of drug-likeness (QED) is 0.546. The number of alkyl halides is 3. The number of aryl methyl sites for hydroxylation is 1. The van der Waals surface area contributed by atoms with E-state index in [2.05, 4.69) is 19.6 Å². The molecule has 9 heteroatoms. The average molecular weight is 446 g/mol. The first-order chi connectivity index (χ1) is 14.8. The third-order valence-electron chi connectivity index (χ3n) is 5.13. The molecule has 0 radical (unpaired) electrons. The van der Waals surface area contributed by atoms with E-state index < -0.39 is 23.1 Å². The van der Waals surface area contributed by atoms with Crippen LogP contribution >= 0.6 is 0 Å². The van der Waals surface area contributed by atoms with Crippen molar-refractivity contribution in [3.8, 4) is 11.3 Å². The predicted molar refractivity (Wildman–Crippen MR) is 115 cm³/mol. The molecule has 0 spiro atoms. The van der Waals surface area contributed by atoms with Crippen molar-refractivity contribution in [2.75, 3.05) is 22.7 Å². The zero-order chi connectivity index (χ0) is 22.0. The number of halogens is 3. The first-order valence-corrected chi connectivity index (χ1v) is 11.0. The van der Waals surface area contributed by atoms with Gasteiger partial charge in [0.25, 0.3) is 5.03 Å². The summed E-state index contributed by atoms with van der Waals surface area (Å²) in [6, 6.07) is 14.1. The van der Waals surface area contributed by atoms with E-state index >= 15 is 0 Å². The maximum Gasteiger partial charge on any atom is 0.418 e. The van der Waals surface area contributed by atoms with Crippen LogP contribution in [-0.2, 0) is 17.5 Å². The Balaban J connectivity index is 1.64. The van der Waals surface area contributed by atoms with Crippen LogP contribution in [0.2, 0.25) is 0 Å². The highest BCUT2D eigenvalue weighted by Crippen LogP contribution is 2.38. The maximum absolute atomic E-state index is 13.6. The van der Waals surface area contributed by atoms with Gasteiger partial charge in [-0.05, 0) is 43.5 Å². The summed E-state index contributed by atoms with van der Waals surface area (Å²) in [4.78, 5) is 10.7. The minimum Gasteiger partial charge on any atom is -0.587 e. The lowest BCUT2D eigenvalue weighted by Gasteiger charge is -2.18. The third kappa shape index (κ3) is 4.77. The molecule has 0 amide bonds. The molecule has 31 heavy (non-hydrogen) atoms. The van der Waals surface area contributed by atoms with Crippen LogP contribution in [0.4, 0.5) is 24.8 Å². The highest BCUT2D eigenvalue weighted by atomic mass is 32.2. The largest absolute Gasteiger partial charge is 0.587 e. The Morgan fingerprint density at radius 2 is 1.71 bits per heavy atom. The minimum atomic E-state index is -4.56. The van der Waals surface area contributed by atoms with Gasteiger partial charge >= 0.3 is 6.18 Å². The molecule has 0 saturated carbocycles. The van der Waals surface area contributed by atoms with Crippen LogP contribution in [0.1, 0.15) is 24.0 Å². The number of aromatic nitrogens is 2. The van der Waals surface area contributed by atoms with Gasteiger partial charge in [0.15, 0.2) is 5.82 Å². The van der Waals surface area contributed by atoms with E-state index in [9.17, 15) is 17.7 Å². The summed E-state index contributed by atoms with van der Waals surface area (Å²) in [6.07, 6.45) is -2.39. The van der Waals surface area contributed by atoms with E-state index in [-0.39, 0.29) is 11.5 Å². The van der Waals surface area contributed by atoms with Crippen LogP contribution in [0.5, 0.6) is 0 Å². The third-order valence-corrected chi connectivity index (χ3v) is 6.13. The lowest BCUT2D eigenvalue weighted by atomic mass is 10.0. The van der Waals surface area contributed by atoms with Gasteiger partial charge in [0.2, 0.25) is 0 Å². The zero-order valence-corrected chi connectivity index (χ0v) is 17.6. The lowest BCUT2D eigenvalue weighted by molar-refractivity contribution is -0.137. The van der Waals surface area contributed by atoms with Crippen LogP contribution < -0.4 is 9.62 Å². The SMILES string of the molecule is Cc1ccccc1-c1nc(N[S+]([O-])c2cccc(N3CCCC3)n2)ccc1C(F)(F)F. The van der Waals surface area contributed by atoms with Crippen molar-refractivity contribution >= 4 is 23.0 Å². The highest BCUT2D eigenvalue weighted by Gasteiger charge is 2.35. The fourth-order valence-corrected chi connectivity index (χ4v) is 4.35. The van der Waals surface area contributed by atoms with E-state index in [1.807, 2.05) is 6.07 Å². The molecule has 3 heterocycles. The van der Waals surface area contributed by atoms with Crippen molar-refractivity contribution in [1.29, 1.82) is 0 Å². The van der Waals surface area contributed by atoms with Crippen molar-refractivity contribution in [1.82, 2.24) is 9.97 Å². The molecule has 4 rings (SSSR count). The van der Waals surface area contributed by atoms with Gasteiger partial charge < -0.3 is 9.45 Å². The highest BCUT2D eigenvalue weighted by molar-refractivity contribution is 7.92. The molecule has 1 N–H and O–H groups in total. The molecular formula is C22H21F3N4OS. The molecular weight excluding hydrogens is 425 g/mol. The molecule has 1 fully saturated rings. The Kier molecular flexibility index (Phi) is 6.06. The molecule has 0 aliphatic carbocycles. The van der Waals surface area contributed by atoms with Gasteiger partial charge in [-0.25, -0.2) is 4.98 Å². The molecule has 0 bridgehead atoms. The van der Waals surface area contributed by atoms with E-state index in [0.717, 1.165) is 37.8 Å². The summed E-state index contributed by atoms with van der Waals surface area (Å²) in [5.74, 6) is 0.823. The second-order valence-electron chi connectivity index (χ2n) is 7.30. The van der Waals surface area contributed by atoms with Crippen molar-refractivity contribution in [3.63, 3.8) is 0 Å². The Bertz CT molecular complexity index is 1070. The minimum absolute atomic E-state index is 0.0814. The fraction of sp³-hybridized carbons (Fsp3) is 0.273. The lowest BCUT2D eigenvalue weighted by Crippen LogP contribution is -2.21. The topological polar surface area (TPSA) is 64.1 Å². The van der Waals surface area contributed by atoms with Crippen LogP contribution in [0.25, 0.3) is 11.3 Å². The number of anilines is 2. The maximum atomic E-state index is 13.6. The van der Waals surface area contributed by atoms with E-state index in [4.69, 9.17) is 0 Å². The molecule has 1 atom stereocenters. The molecule has 1 aromatic carbocycles. The number of hydrogen-bond acceptors (Lipinski definition) is 5. The van der Waals surface area contributed by atoms with E-state index in [1.165, 1.54) is 6.07 Å². The summed E-state index contributed by atoms with van der Waals surface area (Å²) in [5, 5.41) is 0.295. The van der Waals surface area contributed by atoms with Gasteiger partial charge in [-0.2, -0.15) is 22.9 Å². The number of pyridine rings is 2. The molecule has 1 aliphatic heterocycles. The summed E-state index contributed by atoms with van der Waals surface area (Å²) < 4.78 is 56.3. The Morgan fingerprint density at radius 3 is 2.42 bits per heavy atom. The van der Waals surface area contributed by atoms with Gasteiger partial charge in [0, 0.05) is 24.7 Å². The summed E-state index contributed by atoms with van der Waals surface area (Å²) >= 11 is -1.77. The first kappa shape index (κ1) is 21.5. The molecule has 1 unspecified atom stereocenters. The van der Waals surface area contributed by atoms with Crippen LogP contribution in [0, 0.1) is 6.92 Å². The van der Waals surface area contributed by atoms with Gasteiger partial charge in [-0.15, -0.1) is 0 Å². The Hall–Kier alpha value is -2.78. The number of hydrogen-bond donors (Lipinski definition) is 1. The van der Waals surface area contributed by atoms with Crippen molar-refractivity contribution in [3.05, 3.63) is 65.7 Å². The van der Waals surface area contributed by atoms with Gasteiger partial charge in [-0.3, -0.25) is 0 Å². The normalized spacial score (nSPS) is 15.2. The Morgan fingerprint density at radius 1 is 0.968 bits per heavy atom. The standard InChI is InChI=1S/C22H21F3N4OS/c1-15-7-2-3-8-16(15)21-17(22(23,24)25)11-12-18(26-21)28-31(30)20-10-6-9-19(27-20)29-13-4-5-14-29/h2-3,6-12H,4-5,13-14H2,1H3,(H,26,28). The molecule has 5 nitrogen and oxygen atoms in total. The predicted octanol–water partition coefficient (Wildman–Crippen LogP) is 5.21. The number of nitrogens with zero attached hydrogens (tertiary/aromatic N) is 3. The molecule has 1 aliphatic rings. The van der Waals surface area contributed by atoms with E-state index in [0.29, 0.717) is 16.2 Å². The summed E-state index contributed by atoms with van der Waals surface area (Å²) in [7, 11) is 0. The molecule has 1 saturated heterocycles. The van der Waals surface area contributed by atoms with Crippen molar-refractivity contribution in [2.24, 2.45) is 0 Å². The summed E-state index contributed by atoms with van der Waals surface area (Å²) in [6.45, 7) is 3.52. The second-order valence-corrected chi connectivity index (χ2v) is 8.46. The number of rotatable bonds is 5. The average Bonchev–Trinajstić information content (AvgIpc) is 3.28. The first-order valence-electron chi connectivity index (χ1n) is 9.87. The van der Waals surface area contributed by atoms with E-state index in [1.54, 1.807) is 43.3 Å². The molecule has 2 aromatic heterocycles. The molecule has 3 aromatic rings. The van der Waals surface area contributed by atoms with Gasteiger partial charge in [0.05, 0.1) is 11.3 Å².